The van der Waals surface area contributed by atoms with Crippen LogP contribution in [0.2, 0.25) is 0 Å². The van der Waals surface area contributed by atoms with E-state index in [4.69, 9.17) is 9.52 Å². The monoisotopic (exact) mass is 345 g/mol. The van der Waals surface area contributed by atoms with Crippen LogP contribution < -0.4 is 4.90 Å². The summed E-state index contributed by atoms with van der Waals surface area (Å²) in [7, 11) is 1.74. The number of anilines is 1. The van der Waals surface area contributed by atoms with E-state index in [0.717, 1.165) is 11.3 Å². The lowest BCUT2D eigenvalue weighted by molar-refractivity contribution is -0.112. The molecule has 0 atom stereocenters. The number of carboxylic acids is 1. The van der Waals surface area contributed by atoms with Gasteiger partial charge in [-0.15, -0.1) is 0 Å². The number of furan rings is 1. The van der Waals surface area contributed by atoms with Crippen molar-refractivity contribution >= 4 is 29.2 Å². The second-order valence-corrected chi connectivity index (χ2v) is 6.03. The third-order valence-corrected chi connectivity index (χ3v) is 4.40. The maximum atomic E-state index is 12.5. The summed E-state index contributed by atoms with van der Waals surface area (Å²) in [6.45, 7) is 0. The number of rotatable bonds is 3. The number of para-hydroxylation sites is 1. The number of carbonyl (C=O) groups is 2. The second-order valence-electron chi connectivity index (χ2n) is 6.03. The number of fused-ring (bicyclic) bond motifs is 1. The number of carbonyl (C=O) groups excluding carboxylic acids is 1. The van der Waals surface area contributed by atoms with Crippen molar-refractivity contribution < 1.29 is 19.1 Å². The van der Waals surface area contributed by atoms with Gasteiger partial charge in [0.15, 0.2) is 0 Å². The van der Waals surface area contributed by atoms with Gasteiger partial charge in [-0.2, -0.15) is 0 Å². The summed E-state index contributed by atoms with van der Waals surface area (Å²) in [6.07, 6.45) is 1.72. The van der Waals surface area contributed by atoms with Crippen molar-refractivity contribution in [2.75, 3.05) is 11.9 Å². The topological polar surface area (TPSA) is 70.8 Å². The molecule has 5 nitrogen and oxygen atoms in total. The van der Waals surface area contributed by atoms with Crippen LogP contribution in [0.5, 0.6) is 0 Å². The molecule has 5 heteroatoms. The first-order chi connectivity index (χ1) is 12.5. The van der Waals surface area contributed by atoms with Crippen molar-refractivity contribution in [3.63, 3.8) is 0 Å². The summed E-state index contributed by atoms with van der Waals surface area (Å²) >= 11 is 0. The highest BCUT2D eigenvalue weighted by atomic mass is 16.4. The Morgan fingerprint density at radius 3 is 2.69 bits per heavy atom. The molecule has 1 aliphatic rings. The Morgan fingerprint density at radius 1 is 1.08 bits per heavy atom. The molecule has 1 aliphatic heterocycles. The molecular formula is C21H15NO4. The second kappa shape index (κ2) is 6.04. The first kappa shape index (κ1) is 15.9. The highest BCUT2D eigenvalue weighted by Gasteiger charge is 2.29. The fraction of sp³-hybridized carbons (Fsp3) is 0.0476. The third-order valence-electron chi connectivity index (χ3n) is 4.40. The summed E-state index contributed by atoms with van der Waals surface area (Å²) < 4.78 is 5.82. The quantitative estimate of drug-likeness (QED) is 0.724. The van der Waals surface area contributed by atoms with Gasteiger partial charge in [-0.05, 0) is 36.4 Å². The highest BCUT2D eigenvalue weighted by molar-refractivity contribution is 6.35. The lowest BCUT2D eigenvalue weighted by atomic mass is 10.1. The standard InChI is InChI=1S/C21H15NO4/c1-22-18-8-3-2-7-16(18)17(20(22)23)12-15-9-10-19(26-15)13-5-4-6-14(11-13)21(24)25/h2-12H,1H3,(H,24,25)/b17-12+. The van der Waals surface area contributed by atoms with Crippen LogP contribution in [0.15, 0.2) is 65.1 Å². The Labute approximate surface area is 149 Å². The number of aromatic carboxylic acids is 1. The van der Waals surface area contributed by atoms with Crippen LogP contribution >= 0.6 is 0 Å². The van der Waals surface area contributed by atoms with E-state index in [1.54, 1.807) is 48.4 Å². The molecular weight excluding hydrogens is 330 g/mol. The largest absolute Gasteiger partial charge is 0.478 e. The molecule has 1 N–H and O–H groups in total. The maximum absolute atomic E-state index is 12.5. The average molecular weight is 345 g/mol. The average Bonchev–Trinajstić information content (AvgIpc) is 3.22. The summed E-state index contributed by atoms with van der Waals surface area (Å²) in [4.78, 5) is 25.2. The van der Waals surface area contributed by atoms with Crippen LogP contribution in [0, 0.1) is 0 Å². The van der Waals surface area contributed by atoms with E-state index < -0.39 is 5.97 Å². The van der Waals surface area contributed by atoms with Crippen LogP contribution in [0.25, 0.3) is 23.0 Å². The van der Waals surface area contributed by atoms with E-state index in [1.165, 1.54) is 6.07 Å². The number of nitrogens with zero attached hydrogens (tertiary/aromatic N) is 1. The summed E-state index contributed by atoms with van der Waals surface area (Å²) in [6, 6.07) is 17.7. The normalized spacial score (nSPS) is 14.7. The molecule has 1 amide bonds. The van der Waals surface area contributed by atoms with Crippen molar-refractivity contribution in [3.8, 4) is 11.3 Å². The Morgan fingerprint density at radius 2 is 1.88 bits per heavy atom. The minimum absolute atomic E-state index is 0.0861. The molecule has 128 valence electrons. The SMILES string of the molecule is CN1C(=O)/C(=C/c2ccc(-c3cccc(C(=O)O)c3)o2)c2ccccc21. The first-order valence-corrected chi connectivity index (χ1v) is 8.07. The van der Waals surface area contributed by atoms with E-state index >= 15 is 0 Å². The van der Waals surface area contributed by atoms with Crippen molar-refractivity contribution in [2.45, 2.75) is 0 Å². The van der Waals surface area contributed by atoms with Gasteiger partial charge in [0, 0.05) is 18.2 Å². The molecule has 26 heavy (non-hydrogen) atoms. The Balaban J connectivity index is 1.72. The van der Waals surface area contributed by atoms with Crippen LogP contribution in [0.1, 0.15) is 21.7 Å². The molecule has 0 bridgehead atoms. The van der Waals surface area contributed by atoms with Crippen LogP contribution in [0.4, 0.5) is 5.69 Å². The van der Waals surface area contributed by atoms with Gasteiger partial charge in [0.1, 0.15) is 11.5 Å². The van der Waals surface area contributed by atoms with Gasteiger partial charge in [-0.3, -0.25) is 4.79 Å². The van der Waals surface area contributed by atoms with Gasteiger partial charge in [-0.1, -0.05) is 30.3 Å². The van der Waals surface area contributed by atoms with Crippen LogP contribution in [-0.2, 0) is 4.79 Å². The molecule has 0 radical (unpaired) electrons. The van der Waals surface area contributed by atoms with Crippen LogP contribution in [0.3, 0.4) is 0 Å². The molecule has 4 rings (SSSR count). The molecule has 0 saturated heterocycles. The number of hydrogen-bond acceptors (Lipinski definition) is 3. The van der Waals surface area contributed by atoms with Crippen LogP contribution in [-0.4, -0.2) is 24.0 Å². The zero-order chi connectivity index (χ0) is 18.3. The summed E-state index contributed by atoms with van der Waals surface area (Å²) in [5.41, 5.74) is 3.17. The van der Waals surface area contributed by atoms with Crippen molar-refractivity contribution in [1.29, 1.82) is 0 Å². The molecule has 2 aromatic carbocycles. The Kier molecular flexibility index (Phi) is 3.69. The zero-order valence-electron chi connectivity index (χ0n) is 14.0. The smallest absolute Gasteiger partial charge is 0.335 e. The van der Waals surface area contributed by atoms with Gasteiger partial charge >= 0.3 is 5.97 Å². The van der Waals surface area contributed by atoms with E-state index in [0.29, 0.717) is 22.7 Å². The predicted molar refractivity (Wildman–Crippen MR) is 98.8 cm³/mol. The Bertz CT molecular complexity index is 1060. The lowest BCUT2D eigenvalue weighted by Crippen LogP contribution is -2.20. The number of hydrogen-bond donors (Lipinski definition) is 1. The van der Waals surface area contributed by atoms with E-state index in [-0.39, 0.29) is 11.5 Å². The van der Waals surface area contributed by atoms with E-state index in [1.807, 2.05) is 24.3 Å². The molecule has 0 fully saturated rings. The minimum atomic E-state index is -0.989. The van der Waals surface area contributed by atoms with E-state index in [9.17, 15) is 9.59 Å². The number of likely N-dealkylation sites (N-methyl/N-ethyl adjacent to an activating group) is 1. The molecule has 0 unspecified atom stereocenters. The van der Waals surface area contributed by atoms with Gasteiger partial charge in [0.25, 0.3) is 5.91 Å². The third kappa shape index (κ3) is 2.59. The van der Waals surface area contributed by atoms with Crippen molar-refractivity contribution in [3.05, 3.63) is 77.6 Å². The Hall–Kier alpha value is -3.60. The summed E-state index contributed by atoms with van der Waals surface area (Å²) in [5.74, 6) is 0.00943. The molecule has 0 spiro atoms. The molecule has 1 aromatic heterocycles. The van der Waals surface area contributed by atoms with Gasteiger partial charge in [0.2, 0.25) is 0 Å². The first-order valence-electron chi connectivity index (χ1n) is 8.07. The lowest BCUT2D eigenvalue weighted by Gasteiger charge is -2.07. The van der Waals surface area contributed by atoms with Gasteiger partial charge in [0.05, 0.1) is 16.8 Å². The summed E-state index contributed by atoms with van der Waals surface area (Å²) in [5, 5.41) is 9.12. The molecule has 3 aromatic rings. The van der Waals surface area contributed by atoms with Crippen molar-refractivity contribution in [1.82, 2.24) is 0 Å². The molecule has 0 aliphatic carbocycles. The van der Waals surface area contributed by atoms with Gasteiger partial charge < -0.3 is 14.4 Å². The maximum Gasteiger partial charge on any atom is 0.335 e. The predicted octanol–water partition coefficient (Wildman–Crippen LogP) is 4.16. The fourth-order valence-electron chi connectivity index (χ4n) is 3.07. The molecule has 2 heterocycles. The number of benzene rings is 2. The molecule has 0 saturated carbocycles. The van der Waals surface area contributed by atoms with E-state index in [2.05, 4.69) is 0 Å². The number of carboxylic acid groups (broad SMARTS) is 1. The van der Waals surface area contributed by atoms with Crippen molar-refractivity contribution in [2.24, 2.45) is 0 Å². The minimum Gasteiger partial charge on any atom is -0.478 e. The zero-order valence-corrected chi connectivity index (χ0v) is 14.0. The number of amides is 1. The highest BCUT2D eigenvalue weighted by Crippen LogP contribution is 2.37. The fourth-order valence-corrected chi connectivity index (χ4v) is 3.07. The van der Waals surface area contributed by atoms with Gasteiger partial charge in [-0.25, -0.2) is 4.79 Å².